The van der Waals surface area contributed by atoms with E-state index in [-0.39, 0.29) is 0 Å². The van der Waals surface area contributed by atoms with Crippen molar-refractivity contribution in [3.05, 3.63) is 76.3 Å². The summed E-state index contributed by atoms with van der Waals surface area (Å²) in [6.07, 6.45) is 3.62. The lowest BCUT2D eigenvalue weighted by Crippen LogP contribution is -1.95. The second kappa shape index (κ2) is 6.85. The molecule has 0 radical (unpaired) electrons. The Morgan fingerprint density at radius 2 is 1.75 bits per heavy atom. The van der Waals surface area contributed by atoms with E-state index in [1.54, 1.807) is 42.5 Å². The van der Waals surface area contributed by atoms with Gasteiger partial charge in [-0.05, 0) is 41.5 Å². The minimum absolute atomic E-state index is 0.430. The van der Waals surface area contributed by atoms with E-state index < -0.39 is 0 Å². The monoisotopic (exact) mass is 299 g/mol. The van der Waals surface area contributed by atoms with Crippen molar-refractivity contribution in [3.8, 4) is 6.07 Å². The van der Waals surface area contributed by atoms with Crippen LogP contribution < -0.4 is 0 Å². The van der Waals surface area contributed by atoms with Crippen LogP contribution in [0.3, 0.4) is 0 Å². The van der Waals surface area contributed by atoms with E-state index in [1.807, 2.05) is 24.3 Å². The lowest BCUT2D eigenvalue weighted by Gasteiger charge is -1.98. The van der Waals surface area contributed by atoms with Crippen LogP contribution in [0.1, 0.15) is 16.7 Å². The molecule has 0 aliphatic heterocycles. The van der Waals surface area contributed by atoms with Gasteiger partial charge in [0.05, 0.1) is 27.8 Å². The van der Waals surface area contributed by atoms with E-state index in [2.05, 4.69) is 0 Å². The van der Waals surface area contributed by atoms with Gasteiger partial charge >= 0.3 is 0 Å². The van der Waals surface area contributed by atoms with Crippen molar-refractivity contribution in [2.75, 3.05) is 0 Å². The molecular formula is C16H10ClNOS. The van der Waals surface area contributed by atoms with Gasteiger partial charge in [0.25, 0.3) is 0 Å². The van der Waals surface area contributed by atoms with E-state index in [0.29, 0.717) is 26.7 Å². The summed E-state index contributed by atoms with van der Waals surface area (Å²) in [5.74, 6) is 0. The molecule has 0 aromatic heterocycles. The van der Waals surface area contributed by atoms with E-state index in [1.165, 1.54) is 0 Å². The first kappa shape index (κ1) is 14.3. The number of rotatable bonds is 3. The molecule has 0 spiro atoms. The zero-order valence-corrected chi connectivity index (χ0v) is 12.0. The van der Waals surface area contributed by atoms with Gasteiger partial charge in [0.1, 0.15) is 0 Å². The molecule has 0 N–H and O–H groups in total. The number of halogens is 1. The number of allylic oxidation sites excluding steroid dienone is 1. The van der Waals surface area contributed by atoms with Gasteiger partial charge in [-0.25, -0.2) is 4.21 Å². The van der Waals surface area contributed by atoms with Crippen molar-refractivity contribution in [1.82, 2.24) is 0 Å². The van der Waals surface area contributed by atoms with Crippen LogP contribution in [0.15, 0.2) is 54.6 Å². The maximum absolute atomic E-state index is 11.2. The SMILES string of the molecule is N#Cc1ccc(C(C=Cc2ccc(Cl)cc2)=S=O)cc1. The summed E-state index contributed by atoms with van der Waals surface area (Å²) in [6, 6.07) is 16.3. The van der Waals surface area contributed by atoms with Crippen LogP contribution in [0.4, 0.5) is 0 Å². The first-order chi connectivity index (χ1) is 9.72. The molecule has 0 saturated carbocycles. The first-order valence-corrected chi connectivity index (χ1v) is 6.96. The maximum Gasteiger partial charge on any atom is 0.0991 e. The Morgan fingerprint density at radius 1 is 1.10 bits per heavy atom. The fraction of sp³-hybridized carbons (Fsp3) is 0. The van der Waals surface area contributed by atoms with Crippen LogP contribution >= 0.6 is 11.6 Å². The molecule has 4 heteroatoms. The molecule has 2 aromatic carbocycles. The molecule has 0 saturated heterocycles. The molecule has 0 bridgehead atoms. The molecule has 0 aliphatic carbocycles. The Kier molecular flexibility index (Phi) is 4.89. The van der Waals surface area contributed by atoms with Gasteiger partial charge in [-0.3, -0.25) is 0 Å². The number of hydrogen-bond acceptors (Lipinski definition) is 2. The summed E-state index contributed by atoms with van der Waals surface area (Å²) in [5.41, 5.74) is 2.34. The number of hydrogen-bond donors (Lipinski definition) is 0. The highest BCUT2D eigenvalue weighted by Crippen LogP contribution is 2.11. The van der Waals surface area contributed by atoms with Crippen molar-refractivity contribution in [1.29, 1.82) is 5.26 Å². The van der Waals surface area contributed by atoms with Crippen LogP contribution in [0.2, 0.25) is 5.02 Å². The van der Waals surface area contributed by atoms with E-state index >= 15 is 0 Å². The third-order valence-electron chi connectivity index (χ3n) is 2.69. The summed E-state index contributed by atoms with van der Waals surface area (Å²) in [5, 5.41) is 9.43. The first-order valence-electron chi connectivity index (χ1n) is 5.84. The highest BCUT2D eigenvalue weighted by Gasteiger charge is 1.99. The highest BCUT2D eigenvalue weighted by molar-refractivity contribution is 7.67. The third kappa shape index (κ3) is 3.67. The van der Waals surface area contributed by atoms with Gasteiger partial charge in [-0.15, -0.1) is 0 Å². The molecule has 0 heterocycles. The fourth-order valence-electron chi connectivity index (χ4n) is 1.63. The maximum atomic E-state index is 11.2. The highest BCUT2D eigenvalue weighted by atomic mass is 35.5. The second-order valence-corrected chi connectivity index (χ2v) is 5.06. The Balaban J connectivity index is 2.23. The zero-order valence-electron chi connectivity index (χ0n) is 10.4. The Morgan fingerprint density at radius 3 is 2.30 bits per heavy atom. The molecule has 0 fully saturated rings. The van der Waals surface area contributed by atoms with Crippen molar-refractivity contribution >= 4 is 33.8 Å². The van der Waals surface area contributed by atoms with Gasteiger partial charge in [-0.1, -0.05) is 41.9 Å². The predicted octanol–water partition coefficient (Wildman–Crippen LogP) is 3.66. The van der Waals surface area contributed by atoms with Gasteiger partial charge < -0.3 is 0 Å². The molecule has 2 aromatic rings. The van der Waals surface area contributed by atoms with Crippen molar-refractivity contribution in [2.45, 2.75) is 0 Å². The number of nitriles is 1. The molecule has 0 aliphatic rings. The minimum atomic E-state index is 0.430. The molecule has 0 unspecified atom stereocenters. The van der Waals surface area contributed by atoms with Crippen molar-refractivity contribution in [2.24, 2.45) is 0 Å². The predicted molar refractivity (Wildman–Crippen MR) is 83.9 cm³/mol. The number of benzene rings is 2. The quantitative estimate of drug-likeness (QED) is 0.493. The standard InChI is InChI=1S/C16H10ClNOS/c17-15-8-3-12(4-9-15)5-10-16(20-19)14-6-1-13(11-18)2-7-14/h1-10H. The fourth-order valence-corrected chi connectivity index (χ4v) is 2.11. The Bertz CT molecular complexity index is 721. The lowest BCUT2D eigenvalue weighted by molar-refractivity contribution is 0.701. The summed E-state index contributed by atoms with van der Waals surface area (Å²) < 4.78 is 11.2. The summed E-state index contributed by atoms with van der Waals surface area (Å²) in [4.78, 5) is 0.601. The normalized spacial score (nSPS) is 10.2. The second-order valence-electron chi connectivity index (χ2n) is 4.02. The van der Waals surface area contributed by atoms with Crippen LogP contribution in [0.5, 0.6) is 0 Å². The van der Waals surface area contributed by atoms with E-state index in [0.717, 1.165) is 11.1 Å². The van der Waals surface area contributed by atoms with Gasteiger partial charge in [-0.2, -0.15) is 5.26 Å². The molecule has 98 valence electrons. The molecule has 0 amide bonds. The topological polar surface area (TPSA) is 40.9 Å². The molecule has 2 rings (SSSR count). The third-order valence-corrected chi connectivity index (χ3v) is 3.49. The smallest absolute Gasteiger partial charge is 0.0991 e. The zero-order chi connectivity index (χ0) is 14.4. The number of nitrogens with zero attached hydrogens (tertiary/aromatic N) is 1. The van der Waals surface area contributed by atoms with Gasteiger partial charge in [0, 0.05) is 5.02 Å². The van der Waals surface area contributed by atoms with Gasteiger partial charge in [0.15, 0.2) is 0 Å². The Hall–Kier alpha value is -2.15. The minimum Gasteiger partial charge on any atom is -0.212 e. The molecule has 2 nitrogen and oxygen atoms in total. The van der Waals surface area contributed by atoms with Crippen LogP contribution in [0.25, 0.3) is 6.08 Å². The van der Waals surface area contributed by atoms with Crippen LogP contribution in [0, 0.1) is 11.3 Å². The summed E-state index contributed by atoms with van der Waals surface area (Å²) in [6.45, 7) is 0. The van der Waals surface area contributed by atoms with E-state index in [9.17, 15) is 4.21 Å². The van der Waals surface area contributed by atoms with Crippen molar-refractivity contribution in [3.63, 3.8) is 0 Å². The average Bonchev–Trinajstić information content (AvgIpc) is 2.50. The lowest BCUT2D eigenvalue weighted by atomic mass is 10.1. The van der Waals surface area contributed by atoms with Gasteiger partial charge in [0.2, 0.25) is 0 Å². The summed E-state index contributed by atoms with van der Waals surface area (Å²) in [7, 11) is 0. The van der Waals surface area contributed by atoms with Crippen LogP contribution in [-0.4, -0.2) is 9.07 Å². The van der Waals surface area contributed by atoms with Crippen LogP contribution in [-0.2, 0) is 11.3 Å². The Labute approximate surface area is 126 Å². The van der Waals surface area contributed by atoms with E-state index in [4.69, 9.17) is 16.9 Å². The molecular weight excluding hydrogens is 290 g/mol. The molecule has 0 atom stereocenters. The molecule has 20 heavy (non-hydrogen) atoms. The van der Waals surface area contributed by atoms with Crippen molar-refractivity contribution < 1.29 is 4.21 Å². The largest absolute Gasteiger partial charge is 0.212 e. The summed E-state index contributed by atoms with van der Waals surface area (Å²) >= 11 is 6.25. The average molecular weight is 300 g/mol.